The molecule has 4 rings (SSSR count). The number of carbonyl (C=O) groups is 1. The third-order valence-corrected chi connectivity index (χ3v) is 4.56. The maximum Gasteiger partial charge on any atom is 0.249 e. The monoisotopic (exact) mass is 335 g/mol. The molecule has 5 heteroatoms. The molecule has 128 valence electrons. The molecular weight excluding hydrogens is 314 g/mol. The van der Waals surface area contributed by atoms with E-state index in [9.17, 15) is 4.79 Å². The van der Waals surface area contributed by atoms with Gasteiger partial charge in [0, 0.05) is 19.7 Å². The molecule has 1 aliphatic rings. The van der Waals surface area contributed by atoms with Crippen LogP contribution in [0.3, 0.4) is 0 Å². The number of para-hydroxylation sites is 2. The van der Waals surface area contributed by atoms with Gasteiger partial charge >= 0.3 is 0 Å². The molecule has 0 bridgehead atoms. The quantitative estimate of drug-likeness (QED) is 0.780. The van der Waals surface area contributed by atoms with Gasteiger partial charge in [-0.2, -0.15) is 0 Å². The molecule has 3 aromatic rings. The predicted molar refractivity (Wildman–Crippen MR) is 96.1 cm³/mol. The van der Waals surface area contributed by atoms with Gasteiger partial charge in [-0.1, -0.05) is 36.4 Å². The Morgan fingerprint density at radius 2 is 2.08 bits per heavy atom. The van der Waals surface area contributed by atoms with E-state index in [4.69, 9.17) is 4.74 Å². The van der Waals surface area contributed by atoms with Gasteiger partial charge in [-0.05, 0) is 36.1 Å². The fourth-order valence-electron chi connectivity index (χ4n) is 3.26. The van der Waals surface area contributed by atoms with Crippen molar-refractivity contribution in [2.24, 2.45) is 0 Å². The van der Waals surface area contributed by atoms with Crippen molar-refractivity contribution in [3.63, 3.8) is 0 Å². The fraction of sp³-hybridized carbons (Fsp3) is 0.300. The Morgan fingerprint density at radius 1 is 1.20 bits per heavy atom. The zero-order valence-corrected chi connectivity index (χ0v) is 14.0. The van der Waals surface area contributed by atoms with Gasteiger partial charge < -0.3 is 14.6 Å². The van der Waals surface area contributed by atoms with Gasteiger partial charge in [-0.15, -0.1) is 0 Å². The minimum Gasteiger partial charge on any atom is -0.368 e. The van der Waals surface area contributed by atoms with Gasteiger partial charge in [-0.25, -0.2) is 4.98 Å². The summed E-state index contributed by atoms with van der Waals surface area (Å²) >= 11 is 0. The Balaban J connectivity index is 1.43. The van der Waals surface area contributed by atoms with Crippen LogP contribution in [0, 0.1) is 0 Å². The lowest BCUT2D eigenvalue weighted by atomic mass is 10.1. The lowest BCUT2D eigenvalue weighted by Crippen LogP contribution is -2.33. The number of amides is 1. The van der Waals surface area contributed by atoms with Crippen molar-refractivity contribution in [1.29, 1.82) is 0 Å². The fourth-order valence-corrected chi connectivity index (χ4v) is 3.26. The SMILES string of the molecule is O=C(NCc1cccc(Cn2cnc3ccccc32)c1)[C@@H]1CCCO1. The van der Waals surface area contributed by atoms with Crippen molar-refractivity contribution in [3.8, 4) is 0 Å². The van der Waals surface area contributed by atoms with Crippen molar-refractivity contribution in [2.75, 3.05) is 6.61 Å². The molecule has 1 N–H and O–H groups in total. The highest BCUT2D eigenvalue weighted by Gasteiger charge is 2.22. The molecule has 1 fully saturated rings. The average molecular weight is 335 g/mol. The van der Waals surface area contributed by atoms with Crippen LogP contribution in [0.15, 0.2) is 54.9 Å². The first-order chi connectivity index (χ1) is 12.3. The third kappa shape index (κ3) is 3.56. The average Bonchev–Trinajstić information content (AvgIpc) is 3.31. The second-order valence-corrected chi connectivity index (χ2v) is 6.40. The summed E-state index contributed by atoms with van der Waals surface area (Å²) in [7, 11) is 0. The summed E-state index contributed by atoms with van der Waals surface area (Å²) in [4.78, 5) is 16.5. The summed E-state index contributed by atoms with van der Waals surface area (Å²) < 4.78 is 7.55. The van der Waals surface area contributed by atoms with Crippen LogP contribution in [-0.4, -0.2) is 28.2 Å². The lowest BCUT2D eigenvalue weighted by Gasteiger charge is -2.11. The van der Waals surface area contributed by atoms with Gasteiger partial charge in [0.15, 0.2) is 0 Å². The van der Waals surface area contributed by atoms with Crippen molar-refractivity contribution in [1.82, 2.24) is 14.9 Å². The van der Waals surface area contributed by atoms with Crippen LogP contribution in [-0.2, 0) is 22.6 Å². The molecular formula is C20H21N3O2. The number of imidazole rings is 1. The first-order valence-electron chi connectivity index (χ1n) is 8.66. The molecule has 0 radical (unpaired) electrons. The highest BCUT2D eigenvalue weighted by molar-refractivity contribution is 5.81. The zero-order chi connectivity index (χ0) is 17.1. The Labute approximate surface area is 146 Å². The van der Waals surface area contributed by atoms with Crippen molar-refractivity contribution in [3.05, 3.63) is 66.0 Å². The van der Waals surface area contributed by atoms with E-state index in [2.05, 4.69) is 33.1 Å². The maximum absolute atomic E-state index is 12.1. The number of rotatable bonds is 5. The smallest absolute Gasteiger partial charge is 0.249 e. The third-order valence-electron chi connectivity index (χ3n) is 4.56. The highest BCUT2D eigenvalue weighted by atomic mass is 16.5. The van der Waals surface area contributed by atoms with Crippen molar-refractivity contribution >= 4 is 16.9 Å². The standard InChI is InChI=1S/C20H21N3O2/c24-20(19-9-4-10-25-19)21-12-15-5-3-6-16(11-15)13-23-14-22-17-7-1-2-8-18(17)23/h1-3,5-8,11,14,19H,4,9-10,12-13H2,(H,21,24)/t19-/m0/s1. The van der Waals surface area contributed by atoms with Crippen molar-refractivity contribution in [2.45, 2.75) is 32.0 Å². The largest absolute Gasteiger partial charge is 0.368 e. The first-order valence-corrected chi connectivity index (χ1v) is 8.66. The topological polar surface area (TPSA) is 56.2 Å². The van der Waals surface area contributed by atoms with E-state index >= 15 is 0 Å². The molecule has 0 spiro atoms. The summed E-state index contributed by atoms with van der Waals surface area (Å²) in [6.45, 7) is 1.97. The number of hydrogen-bond acceptors (Lipinski definition) is 3. The molecule has 5 nitrogen and oxygen atoms in total. The predicted octanol–water partition coefficient (Wildman–Crippen LogP) is 2.88. The Morgan fingerprint density at radius 3 is 2.96 bits per heavy atom. The molecule has 2 aromatic carbocycles. The van der Waals surface area contributed by atoms with Crippen LogP contribution in [0.25, 0.3) is 11.0 Å². The molecule has 1 atom stereocenters. The summed E-state index contributed by atoms with van der Waals surface area (Å²) in [5.41, 5.74) is 4.40. The second-order valence-electron chi connectivity index (χ2n) is 6.40. The number of carbonyl (C=O) groups excluding carboxylic acids is 1. The van der Waals surface area contributed by atoms with Gasteiger partial charge in [0.2, 0.25) is 5.91 Å². The molecule has 1 aliphatic heterocycles. The number of benzene rings is 2. The van der Waals surface area contributed by atoms with Crippen LogP contribution < -0.4 is 5.32 Å². The van der Waals surface area contributed by atoms with Crippen LogP contribution in [0.4, 0.5) is 0 Å². The molecule has 25 heavy (non-hydrogen) atoms. The van der Waals surface area contributed by atoms with E-state index in [1.807, 2.05) is 36.7 Å². The van der Waals surface area contributed by atoms with E-state index < -0.39 is 0 Å². The maximum atomic E-state index is 12.1. The highest BCUT2D eigenvalue weighted by Crippen LogP contribution is 2.15. The van der Waals surface area contributed by atoms with Crippen LogP contribution in [0.1, 0.15) is 24.0 Å². The molecule has 1 aromatic heterocycles. The summed E-state index contributed by atoms with van der Waals surface area (Å²) in [5, 5.41) is 2.97. The number of nitrogens with one attached hydrogen (secondary N) is 1. The summed E-state index contributed by atoms with van der Waals surface area (Å²) in [5.74, 6) is -0.0106. The first kappa shape index (κ1) is 15.8. The second kappa shape index (κ2) is 7.07. The minimum atomic E-state index is -0.277. The van der Waals surface area contributed by atoms with E-state index in [1.165, 1.54) is 5.56 Å². The van der Waals surface area contributed by atoms with Crippen LogP contribution in [0.2, 0.25) is 0 Å². The number of fused-ring (bicyclic) bond motifs is 1. The number of hydrogen-bond donors (Lipinski definition) is 1. The number of aromatic nitrogens is 2. The number of nitrogens with zero attached hydrogens (tertiary/aromatic N) is 2. The minimum absolute atomic E-state index is 0.0106. The molecule has 1 amide bonds. The van der Waals surface area contributed by atoms with E-state index in [1.54, 1.807) is 0 Å². The molecule has 2 heterocycles. The Hall–Kier alpha value is -2.66. The van der Waals surface area contributed by atoms with Gasteiger partial charge in [0.05, 0.1) is 17.4 Å². The number of ether oxygens (including phenoxy) is 1. The Kier molecular flexibility index (Phi) is 4.48. The zero-order valence-electron chi connectivity index (χ0n) is 14.0. The van der Waals surface area contributed by atoms with Crippen LogP contribution in [0.5, 0.6) is 0 Å². The summed E-state index contributed by atoms with van der Waals surface area (Å²) in [6.07, 6.45) is 3.38. The van der Waals surface area contributed by atoms with Gasteiger partial charge in [0.25, 0.3) is 0 Å². The van der Waals surface area contributed by atoms with Gasteiger partial charge in [-0.3, -0.25) is 4.79 Å². The molecule has 0 unspecified atom stereocenters. The Bertz CT molecular complexity index is 881. The molecule has 1 saturated heterocycles. The van der Waals surface area contributed by atoms with E-state index in [0.29, 0.717) is 13.2 Å². The van der Waals surface area contributed by atoms with Gasteiger partial charge in [0.1, 0.15) is 6.10 Å². The van der Waals surface area contributed by atoms with E-state index in [-0.39, 0.29) is 12.0 Å². The molecule has 0 saturated carbocycles. The lowest BCUT2D eigenvalue weighted by molar-refractivity contribution is -0.130. The van der Waals surface area contributed by atoms with E-state index in [0.717, 1.165) is 36.0 Å². The normalized spacial score (nSPS) is 17.0. The summed E-state index contributed by atoms with van der Waals surface area (Å²) in [6, 6.07) is 16.4. The molecule has 0 aliphatic carbocycles. The van der Waals surface area contributed by atoms with Crippen molar-refractivity contribution < 1.29 is 9.53 Å². The van der Waals surface area contributed by atoms with Crippen LogP contribution >= 0.6 is 0 Å².